The molecule has 0 heterocycles. The molecule has 1 N–H and O–H groups in total. The third-order valence-electron chi connectivity index (χ3n) is 4.36. The first kappa shape index (κ1) is 20.9. The van der Waals surface area contributed by atoms with Gasteiger partial charge in [-0.15, -0.1) is 0 Å². The topological polar surface area (TPSA) is 52.7 Å². The molecule has 0 aliphatic carbocycles. The first-order chi connectivity index (χ1) is 12.8. The number of hydrogen-bond acceptors (Lipinski definition) is 3. The molecule has 0 atom stereocenters. The van der Waals surface area contributed by atoms with Crippen LogP contribution in [0.3, 0.4) is 0 Å². The minimum atomic E-state index is -0.211. The van der Waals surface area contributed by atoms with Gasteiger partial charge in [-0.3, -0.25) is 14.5 Å². The van der Waals surface area contributed by atoms with Gasteiger partial charge in [-0.05, 0) is 43.7 Å². The number of likely N-dealkylation sites (N-methyl/N-ethyl adjacent to an activating group) is 2. The highest BCUT2D eigenvalue weighted by Crippen LogP contribution is 2.19. The minimum absolute atomic E-state index is 0.00649. The van der Waals surface area contributed by atoms with Crippen LogP contribution < -0.4 is 5.32 Å². The molecule has 2 aromatic carbocycles. The number of nitrogens with one attached hydrogen (secondary N) is 1. The van der Waals surface area contributed by atoms with Gasteiger partial charge in [0.1, 0.15) is 0 Å². The molecule has 0 aliphatic rings. The van der Waals surface area contributed by atoms with Crippen molar-refractivity contribution in [3.63, 3.8) is 0 Å². The summed E-state index contributed by atoms with van der Waals surface area (Å²) < 4.78 is 0. The molecule has 2 rings (SSSR count). The lowest BCUT2D eigenvalue weighted by atomic mass is 10.1. The molecule has 2 amide bonds. The molecule has 0 saturated heterocycles. The van der Waals surface area contributed by atoms with Gasteiger partial charge in [0.2, 0.25) is 11.8 Å². The van der Waals surface area contributed by atoms with E-state index in [1.54, 1.807) is 7.05 Å². The van der Waals surface area contributed by atoms with E-state index in [1.807, 2.05) is 68.3 Å². The molecule has 0 aromatic heterocycles. The second-order valence-corrected chi connectivity index (χ2v) is 7.24. The summed E-state index contributed by atoms with van der Waals surface area (Å²) in [6, 6.07) is 13.4. The van der Waals surface area contributed by atoms with E-state index in [1.165, 1.54) is 4.90 Å². The first-order valence-corrected chi connectivity index (χ1v) is 9.17. The fraction of sp³-hybridized carbons (Fsp3) is 0.333. The number of aryl methyl sites for hydroxylation is 2. The summed E-state index contributed by atoms with van der Waals surface area (Å²) in [6.07, 6.45) is 0. The number of carbonyl (C=O) groups excluding carboxylic acids is 2. The van der Waals surface area contributed by atoms with Crippen LogP contribution in [0.2, 0.25) is 5.02 Å². The molecule has 5 nitrogen and oxygen atoms in total. The van der Waals surface area contributed by atoms with Gasteiger partial charge in [0.15, 0.2) is 0 Å². The zero-order valence-corrected chi connectivity index (χ0v) is 17.0. The number of anilines is 1. The van der Waals surface area contributed by atoms with Crippen molar-refractivity contribution in [1.82, 2.24) is 9.80 Å². The summed E-state index contributed by atoms with van der Waals surface area (Å²) in [6.45, 7) is 4.67. The Morgan fingerprint density at radius 3 is 2.22 bits per heavy atom. The number of carbonyl (C=O) groups is 2. The Morgan fingerprint density at radius 2 is 1.59 bits per heavy atom. The van der Waals surface area contributed by atoms with Crippen molar-refractivity contribution < 1.29 is 9.59 Å². The largest absolute Gasteiger partial charge is 0.335 e. The van der Waals surface area contributed by atoms with Crippen molar-refractivity contribution in [2.45, 2.75) is 20.4 Å². The van der Waals surface area contributed by atoms with E-state index in [0.717, 1.165) is 22.4 Å². The van der Waals surface area contributed by atoms with Gasteiger partial charge in [0.25, 0.3) is 0 Å². The Labute approximate surface area is 165 Å². The monoisotopic (exact) mass is 387 g/mol. The molecular formula is C21H26ClN3O2. The summed E-state index contributed by atoms with van der Waals surface area (Å²) in [4.78, 5) is 28.1. The predicted molar refractivity (Wildman–Crippen MR) is 110 cm³/mol. The average molecular weight is 388 g/mol. The number of benzene rings is 2. The highest BCUT2D eigenvalue weighted by molar-refractivity contribution is 6.31. The van der Waals surface area contributed by atoms with Crippen LogP contribution in [0.1, 0.15) is 16.7 Å². The third-order valence-corrected chi connectivity index (χ3v) is 4.72. The van der Waals surface area contributed by atoms with Crippen LogP contribution in [0, 0.1) is 13.8 Å². The van der Waals surface area contributed by atoms with Gasteiger partial charge in [0, 0.05) is 24.3 Å². The van der Waals surface area contributed by atoms with Crippen LogP contribution in [0.4, 0.5) is 5.69 Å². The van der Waals surface area contributed by atoms with Crippen molar-refractivity contribution in [1.29, 1.82) is 0 Å². The fourth-order valence-electron chi connectivity index (χ4n) is 2.82. The second-order valence-electron chi connectivity index (χ2n) is 6.83. The molecule has 2 aromatic rings. The number of hydrogen-bond donors (Lipinski definition) is 1. The number of rotatable bonds is 7. The average Bonchev–Trinajstić information content (AvgIpc) is 2.60. The first-order valence-electron chi connectivity index (χ1n) is 8.80. The van der Waals surface area contributed by atoms with E-state index < -0.39 is 0 Å². The summed E-state index contributed by atoms with van der Waals surface area (Å²) in [5.74, 6) is -0.335. The number of nitrogens with zero attached hydrogens (tertiary/aromatic N) is 2. The van der Waals surface area contributed by atoms with Crippen LogP contribution in [0.15, 0.2) is 42.5 Å². The number of halogens is 1. The van der Waals surface area contributed by atoms with E-state index in [4.69, 9.17) is 11.6 Å². The third kappa shape index (κ3) is 6.08. The summed E-state index contributed by atoms with van der Waals surface area (Å²) in [7, 11) is 3.49. The molecule has 0 bridgehead atoms. The Hall–Kier alpha value is -2.37. The molecule has 0 unspecified atom stereocenters. The van der Waals surface area contributed by atoms with Gasteiger partial charge >= 0.3 is 0 Å². The number of para-hydroxylation sites is 1. The van der Waals surface area contributed by atoms with Crippen LogP contribution in [-0.4, -0.2) is 48.8 Å². The molecule has 0 aliphatic heterocycles. The smallest absolute Gasteiger partial charge is 0.243 e. The molecule has 0 spiro atoms. The van der Waals surface area contributed by atoms with E-state index in [-0.39, 0.29) is 24.9 Å². The van der Waals surface area contributed by atoms with Gasteiger partial charge in [-0.1, -0.05) is 48.0 Å². The van der Waals surface area contributed by atoms with Gasteiger partial charge < -0.3 is 10.2 Å². The second kappa shape index (κ2) is 9.53. The van der Waals surface area contributed by atoms with Crippen LogP contribution in [-0.2, 0) is 16.1 Å². The molecule has 0 fully saturated rings. The van der Waals surface area contributed by atoms with Gasteiger partial charge in [-0.2, -0.15) is 0 Å². The van der Waals surface area contributed by atoms with E-state index in [2.05, 4.69) is 5.32 Å². The molecule has 27 heavy (non-hydrogen) atoms. The summed E-state index contributed by atoms with van der Waals surface area (Å²) in [5.41, 5.74) is 3.76. The maximum Gasteiger partial charge on any atom is 0.243 e. The molecular weight excluding hydrogens is 362 g/mol. The van der Waals surface area contributed by atoms with Crippen molar-refractivity contribution >= 4 is 29.1 Å². The van der Waals surface area contributed by atoms with Crippen LogP contribution in [0.5, 0.6) is 0 Å². The lowest BCUT2D eigenvalue weighted by Gasteiger charge is -2.22. The maximum absolute atomic E-state index is 12.4. The summed E-state index contributed by atoms with van der Waals surface area (Å²) >= 11 is 6.16. The standard InChI is InChI=1S/C21H26ClN3O2/c1-15-8-7-9-16(2)21(15)23-19(26)13-25(4)20(27)14-24(3)12-17-10-5-6-11-18(17)22/h5-11H,12-14H2,1-4H3,(H,23,26). The van der Waals surface area contributed by atoms with Gasteiger partial charge in [-0.25, -0.2) is 0 Å². The lowest BCUT2D eigenvalue weighted by molar-refractivity contribution is -0.134. The fourth-order valence-corrected chi connectivity index (χ4v) is 3.01. The Morgan fingerprint density at radius 1 is 0.963 bits per heavy atom. The van der Waals surface area contributed by atoms with E-state index in [9.17, 15) is 9.59 Å². The summed E-state index contributed by atoms with van der Waals surface area (Å²) in [5, 5.41) is 3.58. The van der Waals surface area contributed by atoms with Crippen molar-refractivity contribution in [3.8, 4) is 0 Å². The Balaban J connectivity index is 1.87. The van der Waals surface area contributed by atoms with Crippen molar-refractivity contribution in [3.05, 3.63) is 64.2 Å². The van der Waals surface area contributed by atoms with Crippen molar-refractivity contribution in [2.75, 3.05) is 32.5 Å². The predicted octanol–water partition coefficient (Wildman–Crippen LogP) is 3.49. The Kier molecular flexibility index (Phi) is 7.39. The maximum atomic E-state index is 12.4. The Bertz CT molecular complexity index is 803. The lowest BCUT2D eigenvalue weighted by Crippen LogP contribution is -2.40. The van der Waals surface area contributed by atoms with Crippen LogP contribution in [0.25, 0.3) is 0 Å². The number of amides is 2. The van der Waals surface area contributed by atoms with Crippen LogP contribution >= 0.6 is 11.6 Å². The quantitative estimate of drug-likeness (QED) is 0.791. The molecule has 6 heteroatoms. The molecule has 144 valence electrons. The van der Waals surface area contributed by atoms with E-state index in [0.29, 0.717) is 11.6 Å². The van der Waals surface area contributed by atoms with Crippen molar-refractivity contribution in [2.24, 2.45) is 0 Å². The van der Waals surface area contributed by atoms with E-state index >= 15 is 0 Å². The zero-order chi connectivity index (χ0) is 20.0. The minimum Gasteiger partial charge on any atom is -0.335 e. The highest BCUT2D eigenvalue weighted by Gasteiger charge is 2.16. The highest BCUT2D eigenvalue weighted by atomic mass is 35.5. The molecule has 0 saturated carbocycles. The normalized spacial score (nSPS) is 10.7. The SMILES string of the molecule is Cc1cccc(C)c1NC(=O)CN(C)C(=O)CN(C)Cc1ccccc1Cl. The molecule has 0 radical (unpaired) electrons. The zero-order valence-electron chi connectivity index (χ0n) is 16.3. The van der Waals surface area contributed by atoms with Gasteiger partial charge in [0.05, 0.1) is 13.1 Å².